The second-order valence-corrected chi connectivity index (χ2v) is 6.72. The molecule has 168 valence electrons. The fourth-order valence-electron chi connectivity index (χ4n) is 2.72. The summed E-state index contributed by atoms with van der Waals surface area (Å²) in [6, 6.07) is 8.61. The van der Waals surface area contributed by atoms with E-state index in [0.29, 0.717) is 23.3 Å². The molecule has 0 radical (unpaired) electrons. The predicted octanol–water partition coefficient (Wildman–Crippen LogP) is 3.79. The molecule has 0 aliphatic heterocycles. The number of nitrogens with zero attached hydrogens (tertiary/aromatic N) is 3. The number of ether oxygens (including phenoxy) is 2. The van der Waals surface area contributed by atoms with Gasteiger partial charge in [-0.15, -0.1) is 0 Å². The third kappa shape index (κ3) is 5.05. The Hall–Kier alpha value is -3.89. The zero-order valence-corrected chi connectivity index (χ0v) is 17.3. The number of hydrogen-bond acceptors (Lipinski definition) is 6. The number of esters is 1. The number of rotatable bonds is 6. The minimum Gasteiger partial charge on any atom is -0.497 e. The summed E-state index contributed by atoms with van der Waals surface area (Å²) < 4.78 is 49.6. The average Bonchev–Trinajstić information content (AvgIpc) is 3.15. The van der Waals surface area contributed by atoms with Crippen LogP contribution in [0.1, 0.15) is 28.5 Å². The normalized spacial score (nSPS) is 12.2. The summed E-state index contributed by atoms with van der Waals surface area (Å²) in [5.41, 5.74) is -0.0562. The highest BCUT2D eigenvalue weighted by Crippen LogP contribution is 2.29. The number of benzene rings is 1. The number of aromatic nitrogens is 3. The summed E-state index contributed by atoms with van der Waals surface area (Å²) in [4.78, 5) is 28.6. The molecule has 3 rings (SSSR count). The quantitative estimate of drug-likeness (QED) is 0.577. The van der Waals surface area contributed by atoms with Gasteiger partial charge in [0.2, 0.25) is 0 Å². The Morgan fingerprint density at radius 2 is 1.78 bits per heavy atom. The summed E-state index contributed by atoms with van der Waals surface area (Å²) in [6.07, 6.45) is -3.75. The standard InChI is InChI=1S/C21H19F3N4O4/c1-12-17(11-26-28(12)18-9-4-14(10-25-18)21(22,23)24)20(30)32-13(2)19(29)27-15-5-7-16(31-3)8-6-15/h4-11,13H,1-3H3,(H,27,29). The van der Waals surface area contributed by atoms with Gasteiger partial charge in [0.05, 0.1) is 24.6 Å². The summed E-state index contributed by atoms with van der Waals surface area (Å²) in [5, 5.41) is 6.61. The Labute approximate surface area is 181 Å². The summed E-state index contributed by atoms with van der Waals surface area (Å²) >= 11 is 0. The largest absolute Gasteiger partial charge is 0.497 e. The van der Waals surface area contributed by atoms with Gasteiger partial charge in [0.1, 0.15) is 11.3 Å². The van der Waals surface area contributed by atoms with E-state index in [4.69, 9.17) is 9.47 Å². The molecule has 32 heavy (non-hydrogen) atoms. The van der Waals surface area contributed by atoms with Crippen LogP contribution < -0.4 is 10.1 Å². The van der Waals surface area contributed by atoms with E-state index in [1.807, 2.05) is 0 Å². The van der Waals surface area contributed by atoms with Gasteiger partial charge in [0, 0.05) is 11.9 Å². The molecule has 1 aromatic carbocycles. The van der Waals surface area contributed by atoms with Crippen molar-refractivity contribution in [3.8, 4) is 11.6 Å². The van der Waals surface area contributed by atoms with Crippen LogP contribution in [-0.2, 0) is 15.7 Å². The maximum atomic E-state index is 12.7. The number of carbonyl (C=O) groups is 2. The number of anilines is 1. The second kappa shape index (κ2) is 9.08. The van der Waals surface area contributed by atoms with Gasteiger partial charge in [-0.2, -0.15) is 18.3 Å². The maximum Gasteiger partial charge on any atom is 0.417 e. The number of hydrogen-bond donors (Lipinski definition) is 1. The van der Waals surface area contributed by atoms with Gasteiger partial charge in [-0.1, -0.05) is 0 Å². The van der Waals surface area contributed by atoms with Gasteiger partial charge in [0.15, 0.2) is 11.9 Å². The van der Waals surface area contributed by atoms with Crippen molar-refractivity contribution in [3.05, 3.63) is 65.6 Å². The van der Waals surface area contributed by atoms with Gasteiger partial charge in [0.25, 0.3) is 5.91 Å². The van der Waals surface area contributed by atoms with Gasteiger partial charge >= 0.3 is 12.1 Å². The number of pyridine rings is 1. The van der Waals surface area contributed by atoms with Crippen LogP contribution in [0.25, 0.3) is 5.82 Å². The Morgan fingerprint density at radius 1 is 1.09 bits per heavy atom. The lowest BCUT2D eigenvalue weighted by Crippen LogP contribution is -2.30. The van der Waals surface area contributed by atoms with E-state index in [9.17, 15) is 22.8 Å². The number of methoxy groups -OCH3 is 1. The van der Waals surface area contributed by atoms with E-state index in [1.165, 1.54) is 31.8 Å². The van der Waals surface area contributed by atoms with Crippen molar-refractivity contribution in [2.24, 2.45) is 0 Å². The lowest BCUT2D eigenvalue weighted by molar-refractivity contribution is -0.137. The Kier molecular flexibility index (Phi) is 6.47. The highest BCUT2D eigenvalue weighted by atomic mass is 19.4. The minimum absolute atomic E-state index is 0.0517. The first-order chi connectivity index (χ1) is 15.1. The molecule has 2 aromatic heterocycles. The molecule has 0 fully saturated rings. The van der Waals surface area contributed by atoms with Gasteiger partial charge in [-0.3, -0.25) is 4.79 Å². The number of alkyl halides is 3. The predicted molar refractivity (Wildman–Crippen MR) is 108 cm³/mol. The molecule has 0 saturated heterocycles. The van der Waals surface area contributed by atoms with Crippen LogP contribution in [0.3, 0.4) is 0 Å². The van der Waals surface area contributed by atoms with Crippen LogP contribution in [0, 0.1) is 6.92 Å². The smallest absolute Gasteiger partial charge is 0.417 e. The second-order valence-electron chi connectivity index (χ2n) is 6.72. The van der Waals surface area contributed by atoms with Gasteiger partial charge < -0.3 is 14.8 Å². The molecule has 0 spiro atoms. The summed E-state index contributed by atoms with van der Waals surface area (Å²) in [5.74, 6) is -0.631. The zero-order chi connectivity index (χ0) is 23.5. The fourth-order valence-corrected chi connectivity index (χ4v) is 2.72. The molecule has 1 unspecified atom stereocenters. The molecule has 1 atom stereocenters. The van der Waals surface area contributed by atoms with Crippen LogP contribution >= 0.6 is 0 Å². The molecule has 3 aromatic rings. The van der Waals surface area contributed by atoms with Crippen molar-refractivity contribution >= 4 is 17.6 Å². The molecule has 8 nitrogen and oxygen atoms in total. The minimum atomic E-state index is -4.51. The molecule has 0 aliphatic carbocycles. The molecule has 0 bridgehead atoms. The van der Waals surface area contributed by atoms with Crippen molar-refractivity contribution in [1.29, 1.82) is 0 Å². The van der Waals surface area contributed by atoms with E-state index >= 15 is 0 Å². The summed E-state index contributed by atoms with van der Waals surface area (Å²) in [7, 11) is 1.52. The molecule has 0 aliphatic rings. The fraction of sp³-hybridized carbons (Fsp3) is 0.238. The van der Waals surface area contributed by atoms with E-state index in [-0.39, 0.29) is 11.4 Å². The molecule has 0 saturated carbocycles. The topological polar surface area (TPSA) is 95.3 Å². The number of carbonyl (C=O) groups excluding carboxylic acids is 2. The maximum absolute atomic E-state index is 12.7. The zero-order valence-electron chi connectivity index (χ0n) is 17.3. The third-order valence-electron chi connectivity index (χ3n) is 4.53. The average molecular weight is 448 g/mol. The lowest BCUT2D eigenvalue weighted by Gasteiger charge is -2.14. The van der Waals surface area contributed by atoms with Gasteiger partial charge in [-0.25, -0.2) is 14.5 Å². The molecular formula is C21H19F3N4O4. The van der Waals surface area contributed by atoms with Crippen molar-refractivity contribution < 1.29 is 32.2 Å². The summed E-state index contributed by atoms with van der Waals surface area (Å²) in [6.45, 7) is 2.94. The number of nitrogens with one attached hydrogen (secondary N) is 1. The molecule has 2 heterocycles. The number of halogens is 3. The van der Waals surface area contributed by atoms with Crippen LogP contribution in [0.2, 0.25) is 0 Å². The lowest BCUT2D eigenvalue weighted by atomic mass is 10.2. The first-order valence-electron chi connectivity index (χ1n) is 9.34. The SMILES string of the molecule is COc1ccc(NC(=O)C(C)OC(=O)c2cnn(-c3ccc(C(F)(F)F)cn3)c2C)cc1. The van der Waals surface area contributed by atoms with Crippen LogP contribution in [0.4, 0.5) is 18.9 Å². The van der Waals surface area contributed by atoms with Crippen molar-refractivity contribution in [1.82, 2.24) is 14.8 Å². The van der Waals surface area contributed by atoms with E-state index in [0.717, 1.165) is 12.1 Å². The van der Waals surface area contributed by atoms with Crippen molar-refractivity contribution in [2.75, 3.05) is 12.4 Å². The molecule has 11 heteroatoms. The van der Waals surface area contributed by atoms with Gasteiger partial charge in [-0.05, 0) is 50.2 Å². The molecular weight excluding hydrogens is 429 g/mol. The van der Waals surface area contributed by atoms with Crippen LogP contribution in [0.15, 0.2) is 48.8 Å². The Morgan fingerprint density at radius 3 is 2.34 bits per heavy atom. The van der Waals surface area contributed by atoms with E-state index in [1.54, 1.807) is 24.3 Å². The third-order valence-corrected chi connectivity index (χ3v) is 4.53. The van der Waals surface area contributed by atoms with Crippen molar-refractivity contribution in [2.45, 2.75) is 26.1 Å². The highest BCUT2D eigenvalue weighted by Gasteiger charge is 2.31. The van der Waals surface area contributed by atoms with E-state index in [2.05, 4.69) is 15.4 Å². The molecule has 1 N–H and O–H groups in total. The Balaban J connectivity index is 1.67. The Bertz CT molecular complexity index is 1110. The monoisotopic (exact) mass is 448 g/mol. The van der Waals surface area contributed by atoms with Crippen LogP contribution in [0.5, 0.6) is 5.75 Å². The molecule has 1 amide bonds. The highest BCUT2D eigenvalue weighted by molar-refractivity contribution is 5.97. The van der Waals surface area contributed by atoms with E-state index < -0.39 is 29.7 Å². The first-order valence-corrected chi connectivity index (χ1v) is 9.34. The van der Waals surface area contributed by atoms with Crippen molar-refractivity contribution in [3.63, 3.8) is 0 Å². The first kappa shape index (κ1) is 22.8. The number of amides is 1. The van der Waals surface area contributed by atoms with Crippen LogP contribution in [-0.4, -0.2) is 39.9 Å².